The van der Waals surface area contributed by atoms with Gasteiger partial charge in [0.2, 0.25) is 0 Å². The predicted molar refractivity (Wildman–Crippen MR) is 170 cm³/mol. The Morgan fingerprint density at radius 1 is 0.523 bits per heavy atom. The van der Waals surface area contributed by atoms with E-state index in [1.165, 1.54) is 5.56 Å². The van der Waals surface area contributed by atoms with Crippen LogP contribution in [0.1, 0.15) is 0 Å². The minimum absolute atomic E-state index is 0. The molecule has 0 spiro atoms. The maximum absolute atomic E-state index is 4.72. The van der Waals surface area contributed by atoms with E-state index in [1.807, 2.05) is 30.5 Å². The van der Waals surface area contributed by atoms with E-state index in [1.54, 1.807) is 17.2 Å². The van der Waals surface area contributed by atoms with Crippen LogP contribution in [-0.2, 0) is 21.1 Å². The zero-order valence-corrected chi connectivity index (χ0v) is 25.5. The van der Waals surface area contributed by atoms with Crippen molar-refractivity contribution in [2.75, 3.05) is 4.90 Å². The maximum Gasteiger partial charge on any atom is 2.00 e. The normalized spacial score (nSPS) is 11.9. The fourth-order valence-electron chi connectivity index (χ4n) is 6.28. The molecule has 0 fully saturated rings. The standard InChI is InChI=1S/C37H22N6.Pt/c1-2-10-28-27(9-1)29-11-3-5-13-33(29)41(35-24-26(17-19-31(28)35)43-39-21-22-40-43)25-16-18-32-30-12-4-6-14-34(30)42(36(32)23-25)37-15-7-8-20-38-37;/h1-22H;/q-2;+2. The van der Waals surface area contributed by atoms with Crippen LogP contribution in [0.4, 0.5) is 17.1 Å². The van der Waals surface area contributed by atoms with Gasteiger partial charge in [0.05, 0.1) is 12.4 Å². The maximum atomic E-state index is 4.72. The zero-order valence-electron chi connectivity index (χ0n) is 23.2. The molecule has 0 amide bonds. The van der Waals surface area contributed by atoms with Gasteiger partial charge in [0.15, 0.2) is 0 Å². The summed E-state index contributed by atoms with van der Waals surface area (Å²) < 4.78 is 2.20. The second-order valence-corrected chi connectivity index (χ2v) is 10.5. The molecule has 8 aromatic rings. The van der Waals surface area contributed by atoms with E-state index in [-0.39, 0.29) is 21.1 Å². The van der Waals surface area contributed by atoms with Crippen molar-refractivity contribution in [1.29, 1.82) is 0 Å². The number of anilines is 3. The number of fused-ring (bicyclic) bond motifs is 8. The van der Waals surface area contributed by atoms with Gasteiger partial charge in [-0.2, -0.15) is 27.1 Å². The molecule has 0 aliphatic carbocycles. The van der Waals surface area contributed by atoms with Crippen molar-refractivity contribution in [3.63, 3.8) is 0 Å². The Labute approximate surface area is 268 Å². The molecular weight excluding hydrogens is 724 g/mol. The van der Waals surface area contributed by atoms with Gasteiger partial charge in [-0.05, 0) is 40.9 Å². The molecule has 6 nitrogen and oxygen atoms in total. The van der Waals surface area contributed by atoms with E-state index >= 15 is 0 Å². The Kier molecular flexibility index (Phi) is 6.24. The quantitative estimate of drug-likeness (QED) is 0.171. The molecule has 3 aromatic heterocycles. The smallest absolute Gasteiger partial charge is 0.357 e. The number of aromatic nitrogens is 5. The molecule has 7 heteroatoms. The van der Waals surface area contributed by atoms with Gasteiger partial charge in [-0.15, -0.1) is 35.2 Å². The second kappa shape index (κ2) is 10.4. The molecule has 1 aliphatic heterocycles. The molecule has 0 saturated heterocycles. The summed E-state index contributed by atoms with van der Waals surface area (Å²) in [7, 11) is 0. The second-order valence-electron chi connectivity index (χ2n) is 10.5. The fraction of sp³-hybridized carbons (Fsp3) is 0. The van der Waals surface area contributed by atoms with Gasteiger partial charge in [0.1, 0.15) is 5.82 Å². The Bertz CT molecular complexity index is 2310. The number of pyridine rings is 1. The summed E-state index contributed by atoms with van der Waals surface area (Å²) in [6.45, 7) is 0. The fourth-order valence-corrected chi connectivity index (χ4v) is 6.28. The van der Waals surface area contributed by atoms with Crippen molar-refractivity contribution in [3.05, 3.63) is 146 Å². The van der Waals surface area contributed by atoms with Gasteiger partial charge in [-0.3, -0.25) is 0 Å². The molecule has 0 unspecified atom stereocenters. The van der Waals surface area contributed by atoms with Gasteiger partial charge in [0.25, 0.3) is 0 Å². The van der Waals surface area contributed by atoms with Crippen molar-refractivity contribution in [2.24, 2.45) is 0 Å². The summed E-state index contributed by atoms with van der Waals surface area (Å²) in [6, 6.07) is 47.6. The van der Waals surface area contributed by atoms with Crippen LogP contribution in [0.5, 0.6) is 0 Å². The van der Waals surface area contributed by atoms with Crippen molar-refractivity contribution in [2.45, 2.75) is 0 Å². The van der Waals surface area contributed by atoms with E-state index in [0.29, 0.717) is 0 Å². The molecule has 0 bridgehead atoms. The first-order chi connectivity index (χ1) is 21.3. The van der Waals surface area contributed by atoms with Crippen molar-refractivity contribution >= 4 is 38.9 Å². The molecule has 210 valence electrons. The van der Waals surface area contributed by atoms with E-state index < -0.39 is 0 Å². The van der Waals surface area contributed by atoms with Crippen LogP contribution in [0.25, 0.3) is 55.6 Å². The summed E-state index contributed by atoms with van der Waals surface area (Å²) in [6.07, 6.45) is 5.19. The van der Waals surface area contributed by atoms with Gasteiger partial charge in [-0.1, -0.05) is 89.2 Å². The first kappa shape index (κ1) is 26.3. The number of para-hydroxylation sites is 2. The summed E-state index contributed by atoms with van der Waals surface area (Å²) in [4.78, 5) is 8.59. The number of hydrogen-bond donors (Lipinski definition) is 0. The van der Waals surface area contributed by atoms with Crippen LogP contribution < -0.4 is 4.90 Å². The number of hydrogen-bond acceptors (Lipinski definition) is 4. The molecule has 0 saturated carbocycles. The minimum atomic E-state index is 0. The van der Waals surface area contributed by atoms with Gasteiger partial charge in [0, 0.05) is 23.0 Å². The molecule has 5 aromatic carbocycles. The van der Waals surface area contributed by atoms with Crippen LogP contribution in [0.15, 0.2) is 134 Å². The summed E-state index contributed by atoms with van der Waals surface area (Å²) >= 11 is 0. The number of rotatable bonds is 3. The molecular formula is C37H22N6Pt. The summed E-state index contributed by atoms with van der Waals surface area (Å²) in [5, 5.41) is 11.1. The average Bonchev–Trinajstić information content (AvgIpc) is 3.70. The van der Waals surface area contributed by atoms with Gasteiger partial charge in [-0.25, -0.2) is 4.98 Å². The largest absolute Gasteiger partial charge is 2.00 e. The summed E-state index contributed by atoms with van der Waals surface area (Å²) in [5.41, 5.74) is 10.2. The molecule has 44 heavy (non-hydrogen) atoms. The number of nitrogens with zero attached hydrogens (tertiary/aromatic N) is 6. The Morgan fingerprint density at radius 2 is 1.23 bits per heavy atom. The molecule has 0 radical (unpaired) electrons. The van der Waals surface area contributed by atoms with E-state index in [4.69, 9.17) is 4.98 Å². The van der Waals surface area contributed by atoms with Crippen molar-refractivity contribution < 1.29 is 21.1 Å². The SMILES string of the molecule is [Pt+2].[c-]1c(-n2nccn2)ccc2c1N(c1[c-]c3c(cc1)c1ccccc1n3-c1ccccn1)c1ccccc1-c1ccccc1-2. The molecule has 4 heterocycles. The van der Waals surface area contributed by atoms with Crippen molar-refractivity contribution in [1.82, 2.24) is 24.5 Å². The monoisotopic (exact) mass is 745 g/mol. The third kappa shape index (κ3) is 3.95. The minimum Gasteiger partial charge on any atom is -0.357 e. The van der Waals surface area contributed by atoms with Crippen LogP contribution >= 0.6 is 0 Å². The zero-order chi connectivity index (χ0) is 28.3. The third-order valence-corrected chi connectivity index (χ3v) is 8.11. The Balaban J connectivity index is 0.00000289. The molecule has 1 aliphatic rings. The number of benzene rings is 5. The van der Waals surface area contributed by atoms with Crippen LogP contribution in [0, 0.1) is 12.1 Å². The topological polar surface area (TPSA) is 51.8 Å². The first-order valence-corrected chi connectivity index (χ1v) is 14.1. The van der Waals surface area contributed by atoms with E-state index in [2.05, 4.69) is 123 Å². The van der Waals surface area contributed by atoms with E-state index in [0.717, 1.165) is 67.1 Å². The molecule has 9 rings (SSSR count). The first-order valence-electron chi connectivity index (χ1n) is 14.1. The van der Waals surface area contributed by atoms with Crippen LogP contribution in [0.2, 0.25) is 0 Å². The van der Waals surface area contributed by atoms with E-state index in [9.17, 15) is 0 Å². The third-order valence-electron chi connectivity index (χ3n) is 8.11. The molecule has 0 N–H and O–H groups in total. The average molecular weight is 746 g/mol. The summed E-state index contributed by atoms with van der Waals surface area (Å²) in [5.74, 6) is 0.852. The van der Waals surface area contributed by atoms with Crippen molar-refractivity contribution in [3.8, 4) is 33.8 Å². The van der Waals surface area contributed by atoms with Gasteiger partial charge >= 0.3 is 21.1 Å². The van der Waals surface area contributed by atoms with Gasteiger partial charge < -0.3 is 9.47 Å². The predicted octanol–water partition coefficient (Wildman–Crippen LogP) is 8.47. The Morgan fingerprint density at radius 3 is 2.05 bits per heavy atom. The van der Waals surface area contributed by atoms with Crippen LogP contribution in [0.3, 0.4) is 0 Å². The van der Waals surface area contributed by atoms with Crippen LogP contribution in [-0.4, -0.2) is 24.5 Å². The molecule has 0 atom stereocenters. The Hall–Kier alpha value is -5.32.